The summed E-state index contributed by atoms with van der Waals surface area (Å²) in [5.74, 6) is -1.16. The van der Waals surface area contributed by atoms with Crippen LogP contribution in [0.2, 0.25) is 0 Å². The molecule has 2 aromatic carbocycles. The van der Waals surface area contributed by atoms with Gasteiger partial charge in [0.25, 0.3) is 0 Å². The first-order valence-corrected chi connectivity index (χ1v) is 6.03. The Bertz CT molecular complexity index is 531. The van der Waals surface area contributed by atoms with Crippen LogP contribution in [0.1, 0.15) is 24.1 Å². The number of nitrogens with one attached hydrogen (secondary N) is 1. The molecule has 100 valence electrons. The van der Waals surface area contributed by atoms with E-state index in [4.69, 9.17) is 4.84 Å². The summed E-state index contributed by atoms with van der Waals surface area (Å²) in [4.78, 5) is 5.31. The summed E-state index contributed by atoms with van der Waals surface area (Å²) >= 11 is 0. The maximum atomic E-state index is 13.5. The number of hydroxylamine groups is 1. The van der Waals surface area contributed by atoms with Crippen molar-refractivity contribution < 1.29 is 13.6 Å². The first-order valence-electron chi connectivity index (χ1n) is 6.03. The molecule has 0 spiro atoms. The number of rotatable bonds is 5. The summed E-state index contributed by atoms with van der Waals surface area (Å²) in [6, 6.07) is 12.8. The van der Waals surface area contributed by atoms with Crippen LogP contribution in [0.5, 0.6) is 0 Å². The molecule has 0 aromatic heterocycles. The number of halogens is 2. The molecule has 2 nitrogen and oxygen atoms in total. The van der Waals surface area contributed by atoms with Crippen LogP contribution in [0.4, 0.5) is 8.78 Å². The molecule has 0 bridgehead atoms. The first kappa shape index (κ1) is 13.6. The van der Waals surface area contributed by atoms with Crippen LogP contribution < -0.4 is 5.48 Å². The molecule has 0 saturated heterocycles. The molecule has 2 aromatic rings. The minimum atomic E-state index is -0.585. The second-order valence-electron chi connectivity index (χ2n) is 4.28. The van der Waals surface area contributed by atoms with Gasteiger partial charge in [0.1, 0.15) is 11.6 Å². The lowest BCUT2D eigenvalue weighted by molar-refractivity contribution is 0.00626. The predicted molar refractivity (Wildman–Crippen MR) is 69.1 cm³/mol. The lowest BCUT2D eigenvalue weighted by atomic mass is 10.1. The zero-order chi connectivity index (χ0) is 13.7. The summed E-state index contributed by atoms with van der Waals surface area (Å²) < 4.78 is 26.3. The van der Waals surface area contributed by atoms with Crippen LogP contribution in [0.3, 0.4) is 0 Å². The molecule has 2 rings (SSSR count). The van der Waals surface area contributed by atoms with Gasteiger partial charge in [-0.25, -0.2) is 8.78 Å². The smallest absolute Gasteiger partial charge is 0.130 e. The van der Waals surface area contributed by atoms with Crippen molar-refractivity contribution in [3.05, 3.63) is 71.3 Å². The average Bonchev–Trinajstić information content (AvgIpc) is 2.39. The molecular formula is C15H15F2NO. The van der Waals surface area contributed by atoms with Gasteiger partial charge in [-0.05, 0) is 18.6 Å². The molecule has 19 heavy (non-hydrogen) atoms. The zero-order valence-electron chi connectivity index (χ0n) is 10.6. The Balaban J connectivity index is 1.89. The molecule has 4 heteroatoms. The van der Waals surface area contributed by atoms with Crippen LogP contribution in [0, 0.1) is 11.6 Å². The standard InChI is InChI=1S/C15H15F2NO/c1-11(14-8-7-13(16)9-15(14)17)18-19-10-12-5-3-2-4-6-12/h2-9,11,18H,10H2,1H3. The Morgan fingerprint density at radius 3 is 2.53 bits per heavy atom. The molecule has 0 aliphatic carbocycles. The van der Waals surface area contributed by atoms with E-state index >= 15 is 0 Å². The second kappa shape index (κ2) is 6.41. The summed E-state index contributed by atoms with van der Waals surface area (Å²) in [7, 11) is 0. The number of hydrogen-bond donors (Lipinski definition) is 1. The molecule has 0 aliphatic rings. The highest BCUT2D eigenvalue weighted by Gasteiger charge is 2.11. The third-order valence-electron chi connectivity index (χ3n) is 2.77. The fraction of sp³-hybridized carbons (Fsp3) is 0.200. The van der Waals surface area contributed by atoms with Gasteiger partial charge in [-0.1, -0.05) is 36.4 Å². The van der Waals surface area contributed by atoms with Crippen molar-refractivity contribution in [3.63, 3.8) is 0 Å². The van der Waals surface area contributed by atoms with Crippen molar-refractivity contribution in [3.8, 4) is 0 Å². The monoisotopic (exact) mass is 263 g/mol. The maximum Gasteiger partial charge on any atom is 0.130 e. The van der Waals surface area contributed by atoms with Crippen molar-refractivity contribution in [1.82, 2.24) is 5.48 Å². The van der Waals surface area contributed by atoms with Gasteiger partial charge in [0, 0.05) is 11.6 Å². The average molecular weight is 263 g/mol. The minimum Gasteiger partial charge on any atom is -0.296 e. The van der Waals surface area contributed by atoms with Gasteiger partial charge in [0.05, 0.1) is 12.6 Å². The molecule has 0 heterocycles. The molecular weight excluding hydrogens is 248 g/mol. The molecule has 0 aliphatic heterocycles. The Morgan fingerprint density at radius 2 is 1.84 bits per heavy atom. The second-order valence-corrected chi connectivity index (χ2v) is 4.28. The van der Waals surface area contributed by atoms with E-state index in [1.54, 1.807) is 6.92 Å². The highest BCUT2D eigenvalue weighted by atomic mass is 19.1. The van der Waals surface area contributed by atoms with Gasteiger partial charge < -0.3 is 0 Å². The van der Waals surface area contributed by atoms with Gasteiger partial charge in [0.15, 0.2) is 0 Å². The third kappa shape index (κ3) is 3.84. The fourth-order valence-corrected chi connectivity index (χ4v) is 1.74. The Labute approximate surface area is 111 Å². The van der Waals surface area contributed by atoms with Crippen molar-refractivity contribution in [2.24, 2.45) is 0 Å². The zero-order valence-corrected chi connectivity index (χ0v) is 10.6. The van der Waals surface area contributed by atoms with Crippen LogP contribution in [0.25, 0.3) is 0 Å². The van der Waals surface area contributed by atoms with Crippen molar-refractivity contribution in [1.29, 1.82) is 0 Å². The minimum absolute atomic E-state index is 0.357. The van der Waals surface area contributed by atoms with E-state index in [-0.39, 0.29) is 6.04 Å². The topological polar surface area (TPSA) is 21.3 Å². The Hall–Kier alpha value is -1.78. The summed E-state index contributed by atoms with van der Waals surface area (Å²) in [6.07, 6.45) is 0. The van der Waals surface area contributed by atoms with Crippen LogP contribution in [-0.2, 0) is 11.4 Å². The summed E-state index contributed by atoms with van der Waals surface area (Å²) in [5, 5.41) is 0. The molecule has 0 radical (unpaired) electrons. The van der Waals surface area contributed by atoms with E-state index in [1.807, 2.05) is 30.3 Å². The van der Waals surface area contributed by atoms with Crippen LogP contribution in [0.15, 0.2) is 48.5 Å². The molecule has 0 amide bonds. The normalized spacial score (nSPS) is 12.4. The fourth-order valence-electron chi connectivity index (χ4n) is 1.74. The van der Waals surface area contributed by atoms with E-state index < -0.39 is 11.6 Å². The summed E-state index contributed by atoms with van der Waals surface area (Å²) in [5.41, 5.74) is 4.13. The first-order chi connectivity index (χ1) is 9.16. The van der Waals surface area contributed by atoms with Crippen molar-refractivity contribution >= 4 is 0 Å². The third-order valence-corrected chi connectivity index (χ3v) is 2.77. The van der Waals surface area contributed by atoms with E-state index in [2.05, 4.69) is 5.48 Å². The number of benzene rings is 2. The van der Waals surface area contributed by atoms with Crippen LogP contribution >= 0.6 is 0 Å². The van der Waals surface area contributed by atoms with E-state index in [0.717, 1.165) is 11.6 Å². The molecule has 1 unspecified atom stereocenters. The molecule has 1 N–H and O–H groups in total. The van der Waals surface area contributed by atoms with Gasteiger partial charge in [0.2, 0.25) is 0 Å². The summed E-state index contributed by atoms with van der Waals surface area (Å²) in [6.45, 7) is 2.13. The van der Waals surface area contributed by atoms with Gasteiger partial charge in [-0.3, -0.25) is 4.84 Å². The quantitative estimate of drug-likeness (QED) is 0.829. The van der Waals surface area contributed by atoms with E-state index in [9.17, 15) is 8.78 Å². The lowest BCUT2D eigenvalue weighted by Crippen LogP contribution is -2.20. The Kier molecular flexibility index (Phi) is 4.60. The highest BCUT2D eigenvalue weighted by Crippen LogP contribution is 2.17. The Morgan fingerprint density at radius 1 is 1.11 bits per heavy atom. The van der Waals surface area contributed by atoms with E-state index in [0.29, 0.717) is 12.2 Å². The van der Waals surface area contributed by atoms with Crippen molar-refractivity contribution in [2.75, 3.05) is 0 Å². The SMILES string of the molecule is CC(NOCc1ccccc1)c1ccc(F)cc1F. The molecule has 0 fully saturated rings. The van der Waals surface area contributed by atoms with E-state index in [1.165, 1.54) is 12.1 Å². The number of hydrogen-bond acceptors (Lipinski definition) is 2. The van der Waals surface area contributed by atoms with Gasteiger partial charge in [-0.2, -0.15) is 5.48 Å². The van der Waals surface area contributed by atoms with Crippen LogP contribution in [-0.4, -0.2) is 0 Å². The molecule has 1 atom stereocenters. The largest absolute Gasteiger partial charge is 0.296 e. The highest BCUT2D eigenvalue weighted by molar-refractivity contribution is 5.21. The van der Waals surface area contributed by atoms with Crippen molar-refractivity contribution in [2.45, 2.75) is 19.6 Å². The lowest BCUT2D eigenvalue weighted by Gasteiger charge is -2.15. The maximum absolute atomic E-state index is 13.5. The molecule has 0 saturated carbocycles. The van der Waals surface area contributed by atoms with Gasteiger partial charge >= 0.3 is 0 Å². The predicted octanol–water partition coefficient (Wildman–Crippen LogP) is 3.75. The van der Waals surface area contributed by atoms with Gasteiger partial charge in [-0.15, -0.1) is 0 Å².